The smallest absolute Gasteiger partial charge is 0.168 e. The summed E-state index contributed by atoms with van der Waals surface area (Å²) in [6.45, 7) is 1.98. The van der Waals surface area contributed by atoms with Gasteiger partial charge in [0.15, 0.2) is 5.82 Å². The van der Waals surface area contributed by atoms with Crippen molar-refractivity contribution in [2.75, 3.05) is 5.43 Å². The average molecular weight is 201 g/mol. The molecule has 0 saturated heterocycles. The van der Waals surface area contributed by atoms with Gasteiger partial charge >= 0.3 is 0 Å². The summed E-state index contributed by atoms with van der Waals surface area (Å²) in [6, 6.07) is 3.86. The number of hydrogen-bond donors (Lipinski definition) is 2. The minimum atomic E-state index is 0.522. The second kappa shape index (κ2) is 4.02. The van der Waals surface area contributed by atoms with Crippen molar-refractivity contribution in [1.29, 1.82) is 0 Å². The highest BCUT2D eigenvalue weighted by molar-refractivity contribution is 5.67. The summed E-state index contributed by atoms with van der Waals surface area (Å²) in [5.74, 6) is 5.86. The van der Waals surface area contributed by atoms with Crippen molar-refractivity contribution in [2.45, 2.75) is 6.92 Å². The number of rotatable bonds is 2. The van der Waals surface area contributed by atoms with Crippen LogP contribution in [0.25, 0.3) is 11.4 Å². The lowest BCUT2D eigenvalue weighted by atomic mass is 10.2. The Morgan fingerprint density at radius 1 is 1.13 bits per heavy atom. The van der Waals surface area contributed by atoms with Crippen LogP contribution in [0.4, 0.5) is 5.82 Å². The Morgan fingerprint density at radius 2 is 1.93 bits per heavy atom. The average Bonchev–Trinajstić information content (AvgIpc) is 2.30. The second-order valence-corrected chi connectivity index (χ2v) is 3.12. The number of nitrogens with one attached hydrogen (secondary N) is 1. The van der Waals surface area contributed by atoms with Crippen molar-refractivity contribution in [3.63, 3.8) is 0 Å². The molecule has 0 fully saturated rings. The van der Waals surface area contributed by atoms with Gasteiger partial charge in [-0.25, -0.2) is 15.8 Å². The van der Waals surface area contributed by atoms with Crippen LogP contribution in [0.3, 0.4) is 0 Å². The molecule has 0 spiro atoms. The summed E-state index contributed by atoms with van der Waals surface area (Å²) < 4.78 is 0. The highest BCUT2D eigenvalue weighted by atomic mass is 15.3. The quantitative estimate of drug-likeness (QED) is 0.562. The number of hydrogen-bond acceptors (Lipinski definition) is 5. The Bertz CT molecular complexity index is 452. The number of nitrogens with zero attached hydrogens (tertiary/aromatic N) is 3. The molecule has 76 valence electrons. The van der Waals surface area contributed by atoms with Crippen LogP contribution in [0.15, 0.2) is 30.7 Å². The number of nitrogen functional groups attached to an aromatic ring is 1. The largest absolute Gasteiger partial charge is 0.307 e. The molecule has 2 rings (SSSR count). The zero-order valence-electron chi connectivity index (χ0n) is 8.31. The van der Waals surface area contributed by atoms with E-state index < -0.39 is 0 Å². The van der Waals surface area contributed by atoms with E-state index in [0.717, 1.165) is 11.3 Å². The number of aromatic nitrogens is 3. The van der Waals surface area contributed by atoms with Gasteiger partial charge in [-0.15, -0.1) is 0 Å². The SMILES string of the molecule is Cc1ccc(-c2nccnc2NN)nc1. The van der Waals surface area contributed by atoms with Crippen LogP contribution < -0.4 is 11.3 Å². The molecule has 5 nitrogen and oxygen atoms in total. The van der Waals surface area contributed by atoms with E-state index in [1.165, 1.54) is 0 Å². The Morgan fingerprint density at radius 3 is 2.60 bits per heavy atom. The lowest BCUT2D eigenvalue weighted by molar-refractivity contribution is 1.14. The highest BCUT2D eigenvalue weighted by Gasteiger charge is 2.06. The predicted octanol–water partition coefficient (Wildman–Crippen LogP) is 1.13. The highest BCUT2D eigenvalue weighted by Crippen LogP contribution is 2.20. The number of nitrogens with two attached hydrogens (primary N) is 1. The molecule has 0 aliphatic rings. The van der Waals surface area contributed by atoms with E-state index >= 15 is 0 Å². The third-order valence-electron chi connectivity index (χ3n) is 1.99. The van der Waals surface area contributed by atoms with Gasteiger partial charge in [-0.3, -0.25) is 4.98 Å². The van der Waals surface area contributed by atoms with Crippen LogP contribution in [-0.2, 0) is 0 Å². The van der Waals surface area contributed by atoms with Gasteiger partial charge in [-0.05, 0) is 18.6 Å². The van der Waals surface area contributed by atoms with Gasteiger partial charge in [0, 0.05) is 18.6 Å². The minimum absolute atomic E-state index is 0.522. The zero-order chi connectivity index (χ0) is 10.7. The molecule has 0 aromatic carbocycles. The fourth-order valence-corrected chi connectivity index (χ4v) is 1.24. The molecule has 15 heavy (non-hydrogen) atoms. The molecule has 0 unspecified atom stereocenters. The maximum atomic E-state index is 5.34. The third-order valence-corrected chi connectivity index (χ3v) is 1.99. The second-order valence-electron chi connectivity index (χ2n) is 3.12. The predicted molar refractivity (Wildman–Crippen MR) is 57.8 cm³/mol. The van der Waals surface area contributed by atoms with Crippen LogP contribution in [-0.4, -0.2) is 15.0 Å². The summed E-state index contributed by atoms with van der Waals surface area (Å²) in [5, 5.41) is 0. The lowest BCUT2D eigenvalue weighted by Gasteiger charge is -2.05. The van der Waals surface area contributed by atoms with Crippen molar-refractivity contribution in [3.05, 3.63) is 36.3 Å². The van der Waals surface area contributed by atoms with E-state index in [9.17, 15) is 0 Å². The summed E-state index contributed by atoms with van der Waals surface area (Å²) in [6.07, 6.45) is 4.97. The van der Waals surface area contributed by atoms with Crippen molar-refractivity contribution < 1.29 is 0 Å². The molecular weight excluding hydrogens is 190 g/mol. The molecular formula is C10H11N5. The van der Waals surface area contributed by atoms with Gasteiger partial charge in [0.2, 0.25) is 0 Å². The van der Waals surface area contributed by atoms with Gasteiger partial charge < -0.3 is 5.43 Å². The summed E-state index contributed by atoms with van der Waals surface area (Å²) in [7, 11) is 0. The Labute approximate surface area is 87.4 Å². The molecule has 0 aliphatic carbocycles. The Kier molecular flexibility index (Phi) is 2.55. The molecule has 0 saturated carbocycles. The third kappa shape index (κ3) is 1.92. The van der Waals surface area contributed by atoms with Crippen LogP contribution in [0, 0.1) is 6.92 Å². The number of hydrazine groups is 1. The Balaban J connectivity index is 2.49. The normalized spacial score (nSPS) is 10.0. The topological polar surface area (TPSA) is 76.7 Å². The van der Waals surface area contributed by atoms with Crippen LogP contribution in [0.5, 0.6) is 0 Å². The summed E-state index contributed by atoms with van der Waals surface area (Å²) in [5.41, 5.74) is 5.00. The van der Waals surface area contributed by atoms with Crippen molar-refractivity contribution >= 4 is 5.82 Å². The zero-order valence-corrected chi connectivity index (χ0v) is 8.31. The first-order chi connectivity index (χ1) is 7.31. The molecule has 0 bridgehead atoms. The van der Waals surface area contributed by atoms with E-state index in [0.29, 0.717) is 11.5 Å². The first-order valence-electron chi connectivity index (χ1n) is 4.52. The van der Waals surface area contributed by atoms with Gasteiger partial charge in [-0.1, -0.05) is 6.07 Å². The van der Waals surface area contributed by atoms with Crippen molar-refractivity contribution in [2.24, 2.45) is 5.84 Å². The van der Waals surface area contributed by atoms with E-state index in [4.69, 9.17) is 5.84 Å². The van der Waals surface area contributed by atoms with E-state index in [-0.39, 0.29) is 0 Å². The lowest BCUT2D eigenvalue weighted by Crippen LogP contribution is -2.10. The first-order valence-corrected chi connectivity index (χ1v) is 4.52. The fraction of sp³-hybridized carbons (Fsp3) is 0.100. The van der Waals surface area contributed by atoms with Crippen LogP contribution in [0.2, 0.25) is 0 Å². The number of aryl methyl sites for hydroxylation is 1. The molecule has 2 aromatic heterocycles. The maximum absolute atomic E-state index is 5.34. The molecule has 0 aliphatic heterocycles. The van der Waals surface area contributed by atoms with Crippen LogP contribution >= 0.6 is 0 Å². The molecule has 0 radical (unpaired) electrons. The standard InChI is InChI=1S/C10H11N5/c1-7-2-3-8(14-6-7)9-10(15-11)13-5-4-12-9/h2-6H,11H2,1H3,(H,13,15). The van der Waals surface area contributed by atoms with E-state index in [1.807, 2.05) is 19.1 Å². The van der Waals surface area contributed by atoms with E-state index in [1.54, 1.807) is 18.6 Å². The van der Waals surface area contributed by atoms with Crippen molar-refractivity contribution in [1.82, 2.24) is 15.0 Å². The molecule has 0 atom stereocenters. The summed E-state index contributed by atoms with van der Waals surface area (Å²) >= 11 is 0. The number of pyridine rings is 1. The van der Waals surface area contributed by atoms with Gasteiger partial charge in [0.25, 0.3) is 0 Å². The molecule has 5 heteroatoms. The van der Waals surface area contributed by atoms with Gasteiger partial charge in [-0.2, -0.15) is 0 Å². The van der Waals surface area contributed by atoms with E-state index in [2.05, 4.69) is 20.4 Å². The molecule has 3 N–H and O–H groups in total. The summed E-state index contributed by atoms with van der Waals surface area (Å²) in [4.78, 5) is 12.5. The Hall–Kier alpha value is -2.01. The van der Waals surface area contributed by atoms with Gasteiger partial charge in [0.05, 0.1) is 5.69 Å². The first kappa shape index (κ1) is 9.54. The monoisotopic (exact) mass is 201 g/mol. The molecule has 2 aromatic rings. The maximum Gasteiger partial charge on any atom is 0.168 e. The fourth-order valence-electron chi connectivity index (χ4n) is 1.24. The minimum Gasteiger partial charge on any atom is -0.307 e. The van der Waals surface area contributed by atoms with Crippen molar-refractivity contribution in [3.8, 4) is 11.4 Å². The van der Waals surface area contributed by atoms with Crippen LogP contribution in [0.1, 0.15) is 5.56 Å². The molecule has 0 amide bonds. The number of anilines is 1. The van der Waals surface area contributed by atoms with Gasteiger partial charge in [0.1, 0.15) is 5.69 Å². The molecule has 2 heterocycles.